The van der Waals surface area contributed by atoms with Gasteiger partial charge in [0.05, 0.1) is 4.88 Å². The van der Waals surface area contributed by atoms with E-state index in [1.54, 1.807) is 18.2 Å². The molecular weight excluding hydrogens is 296 g/mol. The second kappa shape index (κ2) is 6.32. The molecule has 0 aliphatic heterocycles. The molecule has 116 valence electrons. The van der Waals surface area contributed by atoms with Crippen LogP contribution in [0.1, 0.15) is 51.9 Å². The van der Waals surface area contributed by atoms with Crippen LogP contribution >= 0.6 is 11.3 Å². The summed E-state index contributed by atoms with van der Waals surface area (Å²) in [5.74, 6) is -0.639. The molecular formula is C17H20N2O2S. The molecule has 2 amide bonds. The van der Waals surface area contributed by atoms with Crippen molar-refractivity contribution in [3.05, 3.63) is 57.3 Å². The molecule has 4 nitrogen and oxygen atoms in total. The topological polar surface area (TPSA) is 58.2 Å². The summed E-state index contributed by atoms with van der Waals surface area (Å²) in [6.07, 6.45) is 0. The van der Waals surface area contributed by atoms with Crippen LogP contribution < -0.4 is 10.9 Å². The standard InChI is InChI=1S/C17H20N2O2S/c1-11-9-14(22-10-11)16(21)19-18-15(20)12-5-7-13(8-6-12)17(2,3)4/h5-10H,1-4H3,(H,18,20)(H,19,21). The second-order valence-electron chi connectivity index (χ2n) is 6.22. The molecule has 0 saturated heterocycles. The molecule has 0 bridgehead atoms. The lowest BCUT2D eigenvalue weighted by atomic mass is 9.87. The Hall–Kier alpha value is -2.14. The minimum Gasteiger partial charge on any atom is -0.267 e. The van der Waals surface area contributed by atoms with Crippen molar-refractivity contribution in [2.45, 2.75) is 33.1 Å². The van der Waals surface area contributed by atoms with Crippen molar-refractivity contribution in [2.75, 3.05) is 0 Å². The van der Waals surface area contributed by atoms with E-state index >= 15 is 0 Å². The monoisotopic (exact) mass is 316 g/mol. The molecule has 2 N–H and O–H groups in total. The van der Waals surface area contributed by atoms with Gasteiger partial charge in [-0.25, -0.2) is 0 Å². The Morgan fingerprint density at radius 3 is 2.09 bits per heavy atom. The Morgan fingerprint density at radius 2 is 1.59 bits per heavy atom. The highest BCUT2D eigenvalue weighted by Gasteiger charge is 2.15. The molecule has 1 heterocycles. The molecule has 2 aromatic rings. The Kier molecular flexibility index (Phi) is 4.66. The fourth-order valence-corrected chi connectivity index (χ4v) is 2.71. The zero-order valence-corrected chi connectivity index (χ0v) is 14.0. The summed E-state index contributed by atoms with van der Waals surface area (Å²) in [4.78, 5) is 24.5. The van der Waals surface area contributed by atoms with Crippen LogP contribution in [-0.2, 0) is 5.41 Å². The summed E-state index contributed by atoms with van der Waals surface area (Å²) >= 11 is 1.35. The maximum absolute atomic E-state index is 12.0. The largest absolute Gasteiger partial charge is 0.279 e. The summed E-state index contributed by atoms with van der Waals surface area (Å²) in [6, 6.07) is 9.16. The van der Waals surface area contributed by atoms with Crippen LogP contribution in [0.2, 0.25) is 0 Å². The highest BCUT2D eigenvalue weighted by atomic mass is 32.1. The van der Waals surface area contributed by atoms with Gasteiger partial charge >= 0.3 is 0 Å². The predicted molar refractivity (Wildman–Crippen MR) is 89.1 cm³/mol. The van der Waals surface area contributed by atoms with Crippen LogP contribution in [0.5, 0.6) is 0 Å². The van der Waals surface area contributed by atoms with Crippen LogP contribution in [0, 0.1) is 6.92 Å². The number of carbonyl (C=O) groups is 2. The normalized spacial score (nSPS) is 11.1. The van der Waals surface area contributed by atoms with Crippen molar-refractivity contribution in [1.82, 2.24) is 10.9 Å². The van der Waals surface area contributed by atoms with E-state index < -0.39 is 0 Å². The predicted octanol–water partition coefficient (Wildman–Crippen LogP) is 3.43. The third kappa shape index (κ3) is 3.95. The molecule has 0 radical (unpaired) electrons. The first kappa shape index (κ1) is 16.2. The van der Waals surface area contributed by atoms with E-state index in [0.29, 0.717) is 10.4 Å². The van der Waals surface area contributed by atoms with Gasteiger partial charge < -0.3 is 0 Å². The van der Waals surface area contributed by atoms with E-state index in [-0.39, 0.29) is 17.2 Å². The lowest BCUT2D eigenvalue weighted by molar-refractivity contribution is 0.0849. The summed E-state index contributed by atoms with van der Waals surface area (Å²) in [5.41, 5.74) is 7.59. The molecule has 0 aliphatic rings. The van der Waals surface area contributed by atoms with Crippen molar-refractivity contribution in [2.24, 2.45) is 0 Å². The molecule has 0 saturated carbocycles. The number of hydrogen-bond donors (Lipinski definition) is 2. The van der Waals surface area contributed by atoms with E-state index in [9.17, 15) is 9.59 Å². The number of aryl methyl sites for hydroxylation is 1. The first-order valence-corrected chi connectivity index (χ1v) is 7.92. The fraction of sp³-hybridized carbons (Fsp3) is 0.294. The second-order valence-corrected chi connectivity index (χ2v) is 7.14. The van der Waals surface area contributed by atoms with Gasteiger partial charge in [0.25, 0.3) is 11.8 Å². The van der Waals surface area contributed by atoms with Gasteiger partial charge in [0.1, 0.15) is 0 Å². The number of carbonyl (C=O) groups excluding carboxylic acids is 2. The summed E-state index contributed by atoms with van der Waals surface area (Å²) in [6.45, 7) is 8.27. The molecule has 1 aromatic heterocycles. The Labute approximate surface area is 134 Å². The van der Waals surface area contributed by atoms with Gasteiger partial charge in [-0.2, -0.15) is 0 Å². The van der Waals surface area contributed by atoms with E-state index in [4.69, 9.17) is 0 Å². The quantitative estimate of drug-likeness (QED) is 0.834. The van der Waals surface area contributed by atoms with Crippen molar-refractivity contribution < 1.29 is 9.59 Å². The smallest absolute Gasteiger partial charge is 0.267 e. The number of nitrogens with one attached hydrogen (secondary N) is 2. The molecule has 0 spiro atoms. The first-order chi connectivity index (χ1) is 10.3. The Morgan fingerprint density at radius 1 is 1.00 bits per heavy atom. The Bertz CT molecular complexity index is 681. The minimum absolute atomic E-state index is 0.0419. The van der Waals surface area contributed by atoms with Crippen LogP contribution in [-0.4, -0.2) is 11.8 Å². The molecule has 0 aliphatic carbocycles. The molecule has 5 heteroatoms. The lowest BCUT2D eigenvalue weighted by Crippen LogP contribution is -2.41. The van der Waals surface area contributed by atoms with E-state index in [2.05, 4.69) is 31.6 Å². The number of rotatable bonds is 2. The van der Waals surface area contributed by atoms with Crippen molar-refractivity contribution in [3.8, 4) is 0 Å². The van der Waals surface area contributed by atoms with Gasteiger partial charge in [-0.05, 0) is 47.0 Å². The third-order valence-electron chi connectivity index (χ3n) is 3.26. The zero-order chi connectivity index (χ0) is 16.3. The van der Waals surface area contributed by atoms with Crippen molar-refractivity contribution in [1.29, 1.82) is 0 Å². The number of thiophene rings is 1. The maximum Gasteiger partial charge on any atom is 0.279 e. The molecule has 1 aromatic carbocycles. The van der Waals surface area contributed by atoms with Crippen LogP contribution in [0.4, 0.5) is 0 Å². The van der Waals surface area contributed by atoms with Crippen LogP contribution in [0.15, 0.2) is 35.7 Å². The molecule has 22 heavy (non-hydrogen) atoms. The highest BCUT2D eigenvalue weighted by Crippen LogP contribution is 2.22. The molecule has 2 rings (SSSR count). The summed E-state index contributed by atoms with van der Waals surface area (Å²) in [5, 5.41) is 1.89. The number of hydrazine groups is 1. The number of benzene rings is 1. The fourth-order valence-electron chi connectivity index (χ4n) is 1.92. The van der Waals surface area contributed by atoms with Crippen LogP contribution in [0.25, 0.3) is 0 Å². The van der Waals surface area contributed by atoms with E-state index in [1.807, 2.05) is 24.4 Å². The Balaban J connectivity index is 1.96. The SMILES string of the molecule is Cc1csc(C(=O)NNC(=O)c2ccc(C(C)(C)C)cc2)c1. The number of hydrogen-bond acceptors (Lipinski definition) is 3. The minimum atomic E-state index is -0.331. The number of amides is 2. The van der Waals surface area contributed by atoms with Crippen molar-refractivity contribution in [3.63, 3.8) is 0 Å². The third-order valence-corrected chi connectivity index (χ3v) is 4.30. The van der Waals surface area contributed by atoms with Gasteiger partial charge in [-0.3, -0.25) is 20.4 Å². The zero-order valence-electron chi connectivity index (χ0n) is 13.2. The van der Waals surface area contributed by atoms with Gasteiger partial charge in [0, 0.05) is 5.56 Å². The summed E-state index contributed by atoms with van der Waals surface area (Å²) < 4.78 is 0. The van der Waals surface area contributed by atoms with E-state index in [0.717, 1.165) is 11.1 Å². The van der Waals surface area contributed by atoms with Gasteiger partial charge in [-0.15, -0.1) is 11.3 Å². The summed E-state index contributed by atoms with van der Waals surface area (Å²) in [7, 11) is 0. The van der Waals surface area contributed by atoms with Gasteiger partial charge in [0.15, 0.2) is 0 Å². The average molecular weight is 316 g/mol. The van der Waals surface area contributed by atoms with E-state index in [1.165, 1.54) is 11.3 Å². The average Bonchev–Trinajstić information content (AvgIpc) is 2.90. The first-order valence-electron chi connectivity index (χ1n) is 7.04. The van der Waals surface area contributed by atoms with Gasteiger partial charge in [0.2, 0.25) is 0 Å². The molecule has 0 atom stereocenters. The molecule has 0 unspecified atom stereocenters. The van der Waals surface area contributed by atoms with Crippen molar-refractivity contribution >= 4 is 23.2 Å². The lowest BCUT2D eigenvalue weighted by Gasteiger charge is -2.19. The highest BCUT2D eigenvalue weighted by molar-refractivity contribution is 7.12. The van der Waals surface area contributed by atoms with Gasteiger partial charge in [-0.1, -0.05) is 32.9 Å². The maximum atomic E-state index is 12.0. The molecule has 0 fully saturated rings. The van der Waals surface area contributed by atoms with Crippen LogP contribution in [0.3, 0.4) is 0 Å².